The minimum absolute atomic E-state index is 0.0267. The summed E-state index contributed by atoms with van der Waals surface area (Å²) in [4.78, 5) is 12.4. The standard InChI is InChI=1S/C19H27N3O2/c1-5-10-20-11-12-21-19(23)18-13-14(2)22(15(18)3)16-6-8-17(24-4)9-7-16/h6-9,13,20H,5,10-12H2,1-4H3,(H,21,23). The number of nitrogens with one attached hydrogen (secondary N) is 2. The average Bonchev–Trinajstić information content (AvgIpc) is 2.89. The fraction of sp³-hybridized carbons (Fsp3) is 0.421. The summed E-state index contributed by atoms with van der Waals surface area (Å²) in [6.45, 7) is 8.50. The highest BCUT2D eigenvalue weighted by atomic mass is 16.5. The monoisotopic (exact) mass is 329 g/mol. The molecule has 1 amide bonds. The van der Waals surface area contributed by atoms with E-state index in [2.05, 4.69) is 22.1 Å². The number of hydrogen-bond acceptors (Lipinski definition) is 3. The number of aryl methyl sites for hydroxylation is 1. The Labute approximate surface area is 144 Å². The summed E-state index contributed by atoms with van der Waals surface area (Å²) < 4.78 is 7.29. The summed E-state index contributed by atoms with van der Waals surface area (Å²) in [5.41, 5.74) is 3.72. The van der Waals surface area contributed by atoms with Crippen LogP contribution in [0.15, 0.2) is 30.3 Å². The highest BCUT2D eigenvalue weighted by molar-refractivity contribution is 5.95. The molecule has 0 spiro atoms. The zero-order valence-corrected chi connectivity index (χ0v) is 15.0. The number of carbonyl (C=O) groups excluding carboxylic acids is 1. The maximum Gasteiger partial charge on any atom is 0.253 e. The summed E-state index contributed by atoms with van der Waals surface area (Å²) in [5.74, 6) is 0.792. The minimum Gasteiger partial charge on any atom is -0.497 e. The number of aromatic nitrogens is 1. The number of ether oxygens (including phenoxy) is 1. The van der Waals surface area contributed by atoms with Crippen LogP contribution in [0.3, 0.4) is 0 Å². The smallest absolute Gasteiger partial charge is 0.253 e. The third-order valence-corrected chi connectivity index (χ3v) is 4.02. The van der Waals surface area contributed by atoms with Crippen LogP contribution in [0.25, 0.3) is 5.69 Å². The molecule has 0 saturated carbocycles. The maximum absolute atomic E-state index is 12.4. The van der Waals surface area contributed by atoms with Crippen LogP contribution in [0.2, 0.25) is 0 Å². The van der Waals surface area contributed by atoms with E-state index in [1.807, 2.05) is 44.2 Å². The van der Waals surface area contributed by atoms with Gasteiger partial charge in [0.1, 0.15) is 5.75 Å². The molecule has 0 aliphatic heterocycles. The number of benzene rings is 1. The third-order valence-electron chi connectivity index (χ3n) is 4.02. The molecule has 130 valence electrons. The second-order valence-electron chi connectivity index (χ2n) is 5.82. The third kappa shape index (κ3) is 4.17. The Balaban J connectivity index is 2.11. The van der Waals surface area contributed by atoms with E-state index < -0.39 is 0 Å². The fourth-order valence-corrected chi connectivity index (χ4v) is 2.78. The van der Waals surface area contributed by atoms with Crippen molar-refractivity contribution in [3.05, 3.63) is 47.3 Å². The Morgan fingerprint density at radius 1 is 1.12 bits per heavy atom. The van der Waals surface area contributed by atoms with E-state index in [0.29, 0.717) is 6.54 Å². The molecule has 24 heavy (non-hydrogen) atoms. The molecular formula is C19H27N3O2. The summed E-state index contributed by atoms with van der Waals surface area (Å²) in [6, 6.07) is 9.78. The number of methoxy groups -OCH3 is 1. The average molecular weight is 329 g/mol. The highest BCUT2D eigenvalue weighted by Gasteiger charge is 2.16. The SMILES string of the molecule is CCCNCCNC(=O)c1cc(C)n(-c2ccc(OC)cc2)c1C. The normalized spacial score (nSPS) is 10.7. The quantitative estimate of drug-likeness (QED) is 0.732. The van der Waals surface area contributed by atoms with E-state index in [4.69, 9.17) is 4.74 Å². The molecule has 2 rings (SSSR count). The number of rotatable bonds is 8. The predicted molar refractivity (Wildman–Crippen MR) is 97.3 cm³/mol. The zero-order valence-electron chi connectivity index (χ0n) is 15.0. The van der Waals surface area contributed by atoms with Gasteiger partial charge in [0.05, 0.1) is 12.7 Å². The van der Waals surface area contributed by atoms with Gasteiger partial charge >= 0.3 is 0 Å². The van der Waals surface area contributed by atoms with Crippen LogP contribution in [0.1, 0.15) is 35.1 Å². The van der Waals surface area contributed by atoms with E-state index in [-0.39, 0.29) is 5.91 Å². The van der Waals surface area contributed by atoms with Crippen LogP contribution < -0.4 is 15.4 Å². The molecule has 0 aliphatic carbocycles. The lowest BCUT2D eigenvalue weighted by molar-refractivity contribution is 0.0953. The molecule has 5 heteroatoms. The second-order valence-corrected chi connectivity index (χ2v) is 5.82. The van der Waals surface area contributed by atoms with Crippen molar-refractivity contribution < 1.29 is 9.53 Å². The van der Waals surface area contributed by atoms with Gasteiger partial charge in [-0.2, -0.15) is 0 Å². The van der Waals surface area contributed by atoms with Gasteiger partial charge < -0.3 is 19.9 Å². The molecule has 1 aromatic heterocycles. The van der Waals surface area contributed by atoms with Crippen molar-refractivity contribution in [3.63, 3.8) is 0 Å². The van der Waals surface area contributed by atoms with Crippen LogP contribution >= 0.6 is 0 Å². The molecular weight excluding hydrogens is 302 g/mol. The first-order valence-electron chi connectivity index (χ1n) is 8.40. The van der Waals surface area contributed by atoms with Crippen molar-refractivity contribution in [1.82, 2.24) is 15.2 Å². The minimum atomic E-state index is -0.0267. The lowest BCUT2D eigenvalue weighted by Crippen LogP contribution is -2.32. The van der Waals surface area contributed by atoms with Crippen molar-refractivity contribution in [3.8, 4) is 11.4 Å². The Morgan fingerprint density at radius 2 is 1.83 bits per heavy atom. The van der Waals surface area contributed by atoms with Gasteiger partial charge in [0, 0.05) is 30.2 Å². The van der Waals surface area contributed by atoms with Gasteiger partial charge in [-0.3, -0.25) is 4.79 Å². The number of hydrogen-bond donors (Lipinski definition) is 2. The summed E-state index contributed by atoms with van der Waals surface area (Å²) in [5, 5.41) is 6.25. The van der Waals surface area contributed by atoms with E-state index in [1.54, 1.807) is 7.11 Å². The summed E-state index contributed by atoms with van der Waals surface area (Å²) in [7, 11) is 1.65. The van der Waals surface area contributed by atoms with Crippen LogP contribution in [-0.4, -0.2) is 37.2 Å². The molecule has 0 bridgehead atoms. The van der Waals surface area contributed by atoms with Gasteiger partial charge in [-0.15, -0.1) is 0 Å². The van der Waals surface area contributed by atoms with E-state index in [0.717, 1.165) is 47.9 Å². The lowest BCUT2D eigenvalue weighted by Gasteiger charge is -2.11. The molecule has 0 unspecified atom stereocenters. The number of nitrogens with zero attached hydrogens (tertiary/aromatic N) is 1. The summed E-state index contributed by atoms with van der Waals surface area (Å²) in [6.07, 6.45) is 1.09. The number of amides is 1. The van der Waals surface area contributed by atoms with Gasteiger partial charge in [-0.05, 0) is 57.1 Å². The predicted octanol–water partition coefficient (Wildman–Crippen LogP) is 2.83. The molecule has 0 radical (unpaired) electrons. The first-order valence-corrected chi connectivity index (χ1v) is 8.40. The van der Waals surface area contributed by atoms with Crippen molar-refractivity contribution in [2.75, 3.05) is 26.7 Å². The Kier molecular flexibility index (Phi) is 6.44. The molecule has 0 saturated heterocycles. The Bertz CT molecular complexity index is 675. The second kappa shape index (κ2) is 8.55. The Hall–Kier alpha value is -2.27. The fourth-order valence-electron chi connectivity index (χ4n) is 2.78. The largest absolute Gasteiger partial charge is 0.497 e. The molecule has 0 atom stereocenters. The van der Waals surface area contributed by atoms with Gasteiger partial charge in [0.15, 0.2) is 0 Å². The van der Waals surface area contributed by atoms with E-state index >= 15 is 0 Å². The van der Waals surface area contributed by atoms with Gasteiger partial charge in [0.25, 0.3) is 5.91 Å². The maximum atomic E-state index is 12.4. The van der Waals surface area contributed by atoms with Gasteiger partial charge in [-0.25, -0.2) is 0 Å². The molecule has 2 N–H and O–H groups in total. The first kappa shape index (κ1) is 18.1. The van der Waals surface area contributed by atoms with Crippen LogP contribution in [0, 0.1) is 13.8 Å². The van der Waals surface area contributed by atoms with Crippen molar-refractivity contribution in [1.29, 1.82) is 0 Å². The van der Waals surface area contributed by atoms with Crippen molar-refractivity contribution in [2.45, 2.75) is 27.2 Å². The van der Waals surface area contributed by atoms with Gasteiger partial charge in [0.2, 0.25) is 0 Å². The van der Waals surface area contributed by atoms with E-state index in [9.17, 15) is 4.79 Å². The topological polar surface area (TPSA) is 55.3 Å². The van der Waals surface area contributed by atoms with Crippen molar-refractivity contribution in [2.24, 2.45) is 0 Å². The van der Waals surface area contributed by atoms with Gasteiger partial charge in [-0.1, -0.05) is 6.92 Å². The molecule has 1 heterocycles. The molecule has 0 aliphatic rings. The number of carbonyl (C=O) groups is 1. The molecule has 0 fully saturated rings. The van der Waals surface area contributed by atoms with Crippen LogP contribution in [-0.2, 0) is 0 Å². The van der Waals surface area contributed by atoms with Crippen LogP contribution in [0.4, 0.5) is 0 Å². The molecule has 2 aromatic rings. The first-order chi connectivity index (χ1) is 11.6. The van der Waals surface area contributed by atoms with Crippen LogP contribution in [0.5, 0.6) is 5.75 Å². The van der Waals surface area contributed by atoms with E-state index in [1.165, 1.54) is 0 Å². The molecule has 5 nitrogen and oxygen atoms in total. The zero-order chi connectivity index (χ0) is 17.5. The Morgan fingerprint density at radius 3 is 2.46 bits per heavy atom. The summed E-state index contributed by atoms with van der Waals surface area (Å²) >= 11 is 0. The highest BCUT2D eigenvalue weighted by Crippen LogP contribution is 2.22. The van der Waals surface area contributed by atoms with Crippen molar-refractivity contribution >= 4 is 5.91 Å². The molecule has 1 aromatic carbocycles. The lowest BCUT2D eigenvalue weighted by atomic mass is 10.2.